The number of aromatic carboxylic acids is 3. The number of rotatable bonds is 10. The van der Waals surface area contributed by atoms with Gasteiger partial charge in [0.2, 0.25) is 0 Å². The summed E-state index contributed by atoms with van der Waals surface area (Å²) in [5, 5.41) is 26.3. The lowest BCUT2D eigenvalue weighted by molar-refractivity contribution is 0.0685. The molecule has 9 heteroatoms. The Labute approximate surface area is 302 Å². The van der Waals surface area contributed by atoms with Crippen LogP contribution in [0.25, 0.3) is 0 Å². The smallest absolute Gasteiger partial charge is 0.335 e. The van der Waals surface area contributed by atoms with Crippen LogP contribution in [0.5, 0.6) is 17.2 Å². The maximum atomic E-state index is 10.8. The van der Waals surface area contributed by atoms with Crippen LogP contribution in [0, 0.1) is 5.92 Å². The average molecular weight is 703 g/mol. The second kappa shape index (κ2) is 21.6. The number of carbonyl (C=O) groups is 3. The third-order valence-corrected chi connectivity index (χ3v) is 9.70. The van der Waals surface area contributed by atoms with E-state index < -0.39 is 17.9 Å². The molecule has 3 N–H and O–H groups in total. The summed E-state index contributed by atoms with van der Waals surface area (Å²) in [5.41, 5.74) is 0.883. The maximum absolute atomic E-state index is 10.8. The van der Waals surface area contributed by atoms with Crippen molar-refractivity contribution in [3.63, 3.8) is 0 Å². The fraction of sp³-hybridized carbons (Fsp3) is 0.500. The molecule has 4 aliphatic rings. The van der Waals surface area contributed by atoms with Gasteiger partial charge in [-0.15, -0.1) is 0 Å². The Kier molecular flexibility index (Phi) is 16.7. The van der Waals surface area contributed by atoms with Crippen molar-refractivity contribution >= 4 is 17.9 Å². The summed E-state index contributed by atoms with van der Waals surface area (Å²) in [4.78, 5) is 32.0. The van der Waals surface area contributed by atoms with Crippen molar-refractivity contribution in [2.75, 3.05) is 6.61 Å². The molecule has 9 nitrogen and oxygen atoms in total. The molecule has 4 aliphatic carbocycles. The van der Waals surface area contributed by atoms with Crippen molar-refractivity contribution in [3.8, 4) is 17.2 Å². The number of ether oxygens (including phenoxy) is 3. The molecule has 0 radical (unpaired) electrons. The van der Waals surface area contributed by atoms with E-state index in [2.05, 4.69) is 0 Å². The molecule has 3 aromatic rings. The van der Waals surface area contributed by atoms with Gasteiger partial charge in [0.25, 0.3) is 0 Å². The van der Waals surface area contributed by atoms with Gasteiger partial charge in [-0.05, 0) is 137 Å². The van der Waals surface area contributed by atoms with Gasteiger partial charge in [-0.2, -0.15) is 0 Å². The van der Waals surface area contributed by atoms with Crippen LogP contribution in [-0.2, 0) is 0 Å². The number of benzene rings is 3. The summed E-state index contributed by atoms with van der Waals surface area (Å²) in [6.45, 7) is 0.711. The van der Waals surface area contributed by atoms with E-state index in [1.54, 1.807) is 66.7 Å². The molecule has 3 aromatic carbocycles. The Morgan fingerprint density at radius 1 is 0.471 bits per heavy atom. The summed E-state index contributed by atoms with van der Waals surface area (Å²) >= 11 is 0. The number of carboxylic acids is 3. The molecule has 0 aromatic heterocycles. The van der Waals surface area contributed by atoms with Gasteiger partial charge in [0.1, 0.15) is 17.2 Å². The molecule has 0 unspecified atom stereocenters. The van der Waals surface area contributed by atoms with Crippen LogP contribution in [0.1, 0.15) is 140 Å². The zero-order chi connectivity index (χ0) is 36.3. The van der Waals surface area contributed by atoms with E-state index in [0.29, 0.717) is 41.6 Å². The van der Waals surface area contributed by atoms with Crippen LogP contribution in [0.2, 0.25) is 0 Å². The van der Waals surface area contributed by atoms with E-state index in [1.807, 2.05) is 6.07 Å². The molecule has 4 fully saturated rings. The molecule has 0 saturated heterocycles. The van der Waals surface area contributed by atoms with Gasteiger partial charge in [-0.1, -0.05) is 51.0 Å². The highest BCUT2D eigenvalue weighted by Crippen LogP contribution is 2.26. The average Bonchev–Trinajstić information content (AvgIpc) is 3.83. The highest BCUT2D eigenvalue weighted by Gasteiger charge is 2.18. The molecule has 7 rings (SSSR count). The normalized spacial score (nSPS) is 17.2. The highest BCUT2D eigenvalue weighted by atomic mass is 16.5. The summed E-state index contributed by atoms with van der Waals surface area (Å²) in [6.07, 6.45) is 22.4. The molecule has 0 atom stereocenters. The van der Waals surface area contributed by atoms with Crippen molar-refractivity contribution in [1.29, 1.82) is 0 Å². The number of hydrogen-bond donors (Lipinski definition) is 3. The van der Waals surface area contributed by atoms with Crippen molar-refractivity contribution in [2.45, 2.75) is 121 Å². The van der Waals surface area contributed by atoms with Crippen LogP contribution in [-0.4, -0.2) is 52.0 Å². The molecule has 0 aliphatic heterocycles. The first-order chi connectivity index (χ1) is 24.8. The van der Waals surface area contributed by atoms with E-state index in [1.165, 1.54) is 83.5 Å². The molecule has 0 spiro atoms. The van der Waals surface area contributed by atoms with Crippen molar-refractivity contribution in [2.24, 2.45) is 5.92 Å². The van der Waals surface area contributed by atoms with E-state index >= 15 is 0 Å². The lowest BCUT2D eigenvalue weighted by atomic mass is 9.90. The Morgan fingerprint density at radius 3 is 1.25 bits per heavy atom. The molecule has 0 amide bonds. The Bertz CT molecular complexity index is 1390. The minimum Gasteiger partial charge on any atom is -0.493 e. The lowest BCUT2D eigenvalue weighted by Gasteiger charge is -2.21. The standard InChI is InChI=1S/C14H18O3.2C12H14O3.C4H8/c15-14(16)12-7-4-8-13(9-12)17-10-11-5-2-1-3-6-11;2*13-12(14)9-5-7-11(8-6-9)15-10-3-1-2-4-10;1-2-4-3-1/h4,7-9,11H,1-3,5-6,10H2,(H,15,16);2*5-8,10H,1-4H2,(H,13,14);1-4H2. The molecule has 51 heavy (non-hydrogen) atoms. The SMILES string of the molecule is C1CCC1.O=C(O)c1ccc(OC2CCCC2)cc1.O=C(O)c1ccc(OC2CCCC2)cc1.O=C(O)c1cccc(OCC2CCCCC2)c1. The Morgan fingerprint density at radius 2 is 0.863 bits per heavy atom. The van der Waals surface area contributed by atoms with Gasteiger partial charge >= 0.3 is 17.9 Å². The fourth-order valence-corrected chi connectivity index (χ4v) is 6.29. The first-order valence-corrected chi connectivity index (χ1v) is 18.7. The zero-order valence-electron chi connectivity index (χ0n) is 29.7. The highest BCUT2D eigenvalue weighted by molar-refractivity contribution is 5.88. The molecule has 4 saturated carbocycles. The predicted molar refractivity (Wildman–Crippen MR) is 197 cm³/mol. The second-order valence-corrected chi connectivity index (χ2v) is 13.8. The van der Waals surface area contributed by atoms with Gasteiger partial charge in [0.05, 0.1) is 35.5 Å². The summed E-state index contributed by atoms with van der Waals surface area (Å²) in [5.74, 6) is 0.129. The first-order valence-electron chi connectivity index (χ1n) is 18.7. The quantitative estimate of drug-likeness (QED) is 0.188. The van der Waals surface area contributed by atoms with Gasteiger partial charge in [-0.25, -0.2) is 14.4 Å². The Balaban J connectivity index is 0.000000162. The van der Waals surface area contributed by atoms with E-state index in [0.717, 1.165) is 37.2 Å². The molecule has 0 heterocycles. The van der Waals surface area contributed by atoms with Crippen LogP contribution < -0.4 is 14.2 Å². The van der Waals surface area contributed by atoms with Gasteiger partial charge in [0, 0.05) is 0 Å². The third-order valence-electron chi connectivity index (χ3n) is 9.70. The van der Waals surface area contributed by atoms with Gasteiger partial charge in [0.15, 0.2) is 0 Å². The van der Waals surface area contributed by atoms with Crippen molar-refractivity contribution < 1.29 is 43.9 Å². The second-order valence-electron chi connectivity index (χ2n) is 13.8. The monoisotopic (exact) mass is 702 g/mol. The van der Waals surface area contributed by atoms with Crippen molar-refractivity contribution in [1.82, 2.24) is 0 Å². The van der Waals surface area contributed by atoms with Crippen LogP contribution in [0.3, 0.4) is 0 Å². The fourth-order valence-electron chi connectivity index (χ4n) is 6.29. The first kappa shape index (κ1) is 39.3. The van der Waals surface area contributed by atoms with Gasteiger partial charge in [-0.3, -0.25) is 0 Å². The minimum absolute atomic E-state index is 0.283. The maximum Gasteiger partial charge on any atom is 0.335 e. The number of carboxylic acid groups (broad SMARTS) is 3. The summed E-state index contributed by atoms with van der Waals surface area (Å²) < 4.78 is 17.1. The number of hydrogen-bond acceptors (Lipinski definition) is 6. The van der Waals surface area contributed by atoms with E-state index in [-0.39, 0.29) is 5.56 Å². The van der Waals surface area contributed by atoms with E-state index in [9.17, 15) is 14.4 Å². The third kappa shape index (κ3) is 14.7. The Hall–Kier alpha value is -4.53. The van der Waals surface area contributed by atoms with E-state index in [4.69, 9.17) is 29.5 Å². The predicted octanol–water partition coefficient (Wildman–Crippen LogP) is 10.3. The topological polar surface area (TPSA) is 140 Å². The summed E-state index contributed by atoms with van der Waals surface area (Å²) in [7, 11) is 0. The molecule has 0 bridgehead atoms. The van der Waals surface area contributed by atoms with Gasteiger partial charge < -0.3 is 29.5 Å². The van der Waals surface area contributed by atoms with Crippen LogP contribution in [0.15, 0.2) is 72.8 Å². The van der Waals surface area contributed by atoms with Crippen LogP contribution >= 0.6 is 0 Å². The molecular formula is C42H54O9. The largest absolute Gasteiger partial charge is 0.493 e. The molecule has 276 valence electrons. The van der Waals surface area contributed by atoms with Crippen molar-refractivity contribution in [3.05, 3.63) is 89.5 Å². The minimum atomic E-state index is -0.909. The zero-order valence-corrected chi connectivity index (χ0v) is 29.7. The van der Waals surface area contributed by atoms with Crippen LogP contribution in [0.4, 0.5) is 0 Å². The lowest BCUT2D eigenvalue weighted by Crippen LogP contribution is -2.15. The molecular weight excluding hydrogens is 648 g/mol. The summed E-state index contributed by atoms with van der Waals surface area (Å²) in [6, 6.07) is 19.9.